The zero-order valence-corrected chi connectivity index (χ0v) is 13.4. The fourth-order valence-corrected chi connectivity index (χ4v) is 2.77. The van der Waals surface area contributed by atoms with Crippen LogP contribution in [0.25, 0.3) is 0 Å². The van der Waals surface area contributed by atoms with Crippen LogP contribution in [0.1, 0.15) is 60.2 Å². The van der Waals surface area contributed by atoms with Crippen LogP contribution >= 0.6 is 0 Å². The van der Waals surface area contributed by atoms with E-state index in [2.05, 4.69) is 0 Å². The van der Waals surface area contributed by atoms with Crippen molar-refractivity contribution in [1.82, 2.24) is 4.90 Å². The molecule has 3 rings (SSSR count). The number of methoxy groups -OCH3 is 2. The van der Waals surface area contributed by atoms with Gasteiger partial charge in [0.1, 0.15) is 0 Å². The summed E-state index contributed by atoms with van der Waals surface area (Å²) >= 11 is 0. The molecule has 23 heavy (non-hydrogen) atoms. The molecule has 0 aliphatic carbocycles. The van der Waals surface area contributed by atoms with E-state index in [-0.39, 0.29) is 18.5 Å². The molecule has 1 fully saturated rings. The number of hydrogen-bond acceptors (Lipinski definition) is 4. The van der Waals surface area contributed by atoms with Crippen LogP contribution in [0.2, 0.25) is 0 Å². The number of nitrogens with zero attached hydrogens (tertiary/aromatic N) is 1. The van der Waals surface area contributed by atoms with Crippen molar-refractivity contribution >= 4 is 0 Å². The highest BCUT2D eigenvalue weighted by Gasteiger charge is 2.38. The van der Waals surface area contributed by atoms with Gasteiger partial charge in [-0.3, -0.25) is 4.90 Å². The lowest BCUT2D eigenvalue weighted by molar-refractivity contribution is -0.0191. The molecule has 1 aromatic rings. The zero-order valence-electron chi connectivity index (χ0n) is 25.4. The summed E-state index contributed by atoms with van der Waals surface area (Å²) in [5.74, 6) is -4.34. The molecule has 2 heterocycles. The molecule has 2 aliphatic heterocycles. The van der Waals surface area contributed by atoms with E-state index in [9.17, 15) is 6.48 Å². The van der Waals surface area contributed by atoms with Crippen molar-refractivity contribution < 1.29 is 31.0 Å². The smallest absolute Gasteiger partial charge is 0.161 e. The Morgan fingerprint density at radius 3 is 2.96 bits per heavy atom. The minimum atomic E-state index is -3.49. The third kappa shape index (κ3) is 3.20. The maximum absolute atomic E-state index is 11.2. The van der Waals surface area contributed by atoms with Gasteiger partial charge in [0.05, 0.1) is 29.8 Å². The van der Waals surface area contributed by atoms with Crippen molar-refractivity contribution in [3.63, 3.8) is 0 Å². The highest BCUT2D eigenvalue weighted by molar-refractivity contribution is 5.49. The molecule has 3 atom stereocenters. The first-order valence-corrected chi connectivity index (χ1v) is 7.53. The lowest BCUT2D eigenvalue weighted by atomic mass is 9.79. The van der Waals surface area contributed by atoms with E-state index < -0.39 is 79.4 Å². The standard InChI is InChI=1S/C19H29NO3/c1-12(2)7-14-11-20-6-5-13-8-18(22-3)19(23-4)9-15(13)16(20)10-17(14)21/h8-9,12,14,16-17,21H,5-7,10-11H2,1-4H3/i4D3,8D,9D,10D2,11D2,14D,16D,17D. The predicted molar refractivity (Wildman–Crippen MR) is 91.1 cm³/mol. The normalized spacial score (nSPS) is 49.6. The molecule has 4 heteroatoms. The minimum Gasteiger partial charge on any atom is -0.493 e. The van der Waals surface area contributed by atoms with Crippen LogP contribution in [0.5, 0.6) is 11.5 Å². The van der Waals surface area contributed by atoms with Crippen molar-refractivity contribution in [3.8, 4) is 11.5 Å². The summed E-state index contributed by atoms with van der Waals surface area (Å²) in [6, 6.07) is -4.30. The van der Waals surface area contributed by atoms with Gasteiger partial charge in [-0.1, -0.05) is 13.8 Å². The van der Waals surface area contributed by atoms with Gasteiger partial charge in [-0.15, -0.1) is 0 Å². The van der Waals surface area contributed by atoms with Crippen LogP contribution in [-0.4, -0.2) is 43.3 Å². The van der Waals surface area contributed by atoms with E-state index in [1.54, 1.807) is 13.8 Å². The van der Waals surface area contributed by atoms with Gasteiger partial charge in [0, 0.05) is 25.9 Å². The number of hydrogen-bond donors (Lipinski definition) is 1. The van der Waals surface area contributed by atoms with E-state index in [0.29, 0.717) is 4.90 Å². The SMILES string of the molecule is [2H]c1c2c(c([2H])c(OC([2H])([2H])[2H])c1OC)C1([2H])N(CC2)C([2H])([2H])C([2H])(CC(C)C)C([2H])(O)C1([2H])[2H]. The first-order chi connectivity index (χ1) is 15.6. The third-order valence-corrected chi connectivity index (χ3v) is 3.81. The topological polar surface area (TPSA) is 41.9 Å². The van der Waals surface area contributed by atoms with Gasteiger partial charge in [-0.2, -0.15) is 0 Å². The summed E-state index contributed by atoms with van der Waals surface area (Å²) in [7, 11) is -1.98. The monoisotopic (exact) mass is 331 g/mol. The number of benzene rings is 1. The Bertz CT molecular complexity index is 1030. The predicted octanol–water partition coefficient (Wildman–Crippen LogP) is 3.03. The second-order valence-corrected chi connectivity index (χ2v) is 5.98. The van der Waals surface area contributed by atoms with Crippen molar-refractivity contribution in [2.75, 3.05) is 27.2 Å². The molecule has 1 aromatic carbocycles. The number of piperidine rings is 1. The van der Waals surface area contributed by atoms with Crippen molar-refractivity contribution in [1.29, 1.82) is 0 Å². The quantitative estimate of drug-likeness (QED) is 0.921. The van der Waals surface area contributed by atoms with Gasteiger partial charge in [0.2, 0.25) is 0 Å². The fourth-order valence-electron chi connectivity index (χ4n) is 2.77. The fraction of sp³-hybridized carbons (Fsp3) is 0.684. The average molecular weight is 332 g/mol. The largest absolute Gasteiger partial charge is 0.493 e. The molecule has 0 amide bonds. The Kier molecular flexibility index (Phi) is 2.13. The lowest BCUT2D eigenvalue weighted by Crippen LogP contribution is -2.48. The Labute approximate surface area is 156 Å². The number of rotatable bonds is 4. The van der Waals surface area contributed by atoms with E-state index in [1.165, 1.54) is 0 Å². The van der Waals surface area contributed by atoms with E-state index >= 15 is 0 Å². The maximum Gasteiger partial charge on any atom is 0.161 e. The van der Waals surface area contributed by atoms with Crippen molar-refractivity contribution in [2.45, 2.75) is 45.2 Å². The molecular weight excluding hydrogens is 290 g/mol. The molecule has 128 valence electrons. The van der Waals surface area contributed by atoms with Gasteiger partial charge >= 0.3 is 0 Å². The molecule has 0 aromatic heterocycles. The molecule has 0 bridgehead atoms. The second kappa shape index (κ2) is 6.70. The zero-order chi connectivity index (χ0) is 27.2. The summed E-state index contributed by atoms with van der Waals surface area (Å²) in [5.41, 5.74) is -0.701. The Balaban J connectivity index is 2.44. The van der Waals surface area contributed by atoms with Crippen LogP contribution < -0.4 is 9.47 Å². The number of fused-ring (bicyclic) bond motifs is 3. The van der Waals surface area contributed by atoms with Gasteiger partial charge in [-0.25, -0.2) is 0 Å². The van der Waals surface area contributed by atoms with Crippen LogP contribution in [-0.2, 0) is 6.42 Å². The van der Waals surface area contributed by atoms with Crippen LogP contribution in [0.4, 0.5) is 0 Å². The summed E-state index contributed by atoms with van der Waals surface area (Å²) in [6.45, 7) is -0.0414. The summed E-state index contributed by atoms with van der Waals surface area (Å²) in [6.07, 6.45) is -7.44. The summed E-state index contributed by atoms with van der Waals surface area (Å²) in [4.78, 5) is 0.698. The van der Waals surface area contributed by atoms with Crippen LogP contribution in [0.15, 0.2) is 12.1 Å². The van der Waals surface area contributed by atoms with Crippen molar-refractivity contribution in [2.24, 2.45) is 11.8 Å². The summed E-state index contributed by atoms with van der Waals surface area (Å²) < 4.78 is 111. The molecule has 0 radical (unpaired) electrons. The summed E-state index contributed by atoms with van der Waals surface area (Å²) in [5, 5.41) is 11.2. The molecule has 1 N–H and O–H groups in total. The van der Waals surface area contributed by atoms with Crippen LogP contribution in [0, 0.1) is 11.8 Å². The highest BCUT2D eigenvalue weighted by atomic mass is 16.5. The molecule has 2 aliphatic rings. The first-order valence-electron chi connectivity index (χ1n) is 13.5. The van der Waals surface area contributed by atoms with Crippen LogP contribution in [0.3, 0.4) is 0 Å². The lowest BCUT2D eigenvalue weighted by Gasteiger charge is -2.46. The molecule has 0 spiro atoms. The van der Waals surface area contributed by atoms with E-state index in [0.717, 1.165) is 7.11 Å². The second-order valence-electron chi connectivity index (χ2n) is 5.98. The first kappa shape index (κ1) is 7.32. The number of ether oxygens (including phenoxy) is 2. The van der Waals surface area contributed by atoms with E-state index in [1.807, 2.05) is 0 Å². The minimum absolute atomic E-state index is 0.0900. The molecule has 4 nitrogen and oxygen atoms in total. The number of aliphatic hydroxyl groups is 1. The van der Waals surface area contributed by atoms with Gasteiger partial charge < -0.3 is 14.6 Å². The Morgan fingerprint density at radius 1 is 1.48 bits per heavy atom. The molecule has 0 saturated carbocycles. The Morgan fingerprint density at radius 2 is 2.26 bits per heavy atom. The average Bonchev–Trinajstić information content (AvgIpc) is 2.68. The van der Waals surface area contributed by atoms with Gasteiger partial charge in [0.15, 0.2) is 11.5 Å². The van der Waals surface area contributed by atoms with Gasteiger partial charge in [-0.05, 0) is 54.2 Å². The third-order valence-electron chi connectivity index (χ3n) is 3.81. The molecule has 3 unspecified atom stereocenters. The maximum atomic E-state index is 11.2. The Hall–Kier alpha value is -1.26. The van der Waals surface area contributed by atoms with Gasteiger partial charge in [0.25, 0.3) is 0 Å². The molecule has 1 saturated heterocycles. The van der Waals surface area contributed by atoms with Crippen molar-refractivity contribution in [3.05, 3.63) is 23.2 Å². The highest BCUT2D eigenvalue weighted by Crippen LogP contribution is 2.43. The van der Waals surface area contributed by atoms with E-state index in [4.69, 9.17) is 24.6 Å². The molecular formula is C19H29NO3.